The second kappa shape index (κ2) is 6.89. The summed E-state index contributed by atoms with van der Waals surface area (Å²) in [5.41, 5.74) is 3.39. The highest BCUT2D eigenvalue weighted by atomic mass is 35.5. The smallest absolute Gasteiger partial charge is 0.254 e. The Balaban J connectivity index is 1.81. The molecule has 4 nitrogen and oxygen atoms in total. The van der Waals surface area contributed by atoms with Gasteiger partial charge in [0.25, 0.3) is 5.91 Å². The molecule has 0 spiro atoms. The molecule has 1 fully saturated rings. The summed E-state index contributed by atoms with van der Waals surface area (Å²) in [5.74, 6) is -0.196. The van der Waals surface area contributed by atoms with Gasteiger partial charge in [0.1, 0.15) is 6.04 Å². The van der Waals surface area contributed by atoms with Gasteiger partial charge in [0.2, 0.25) is 5.91 Å². The van der Waals surface area contributed by atoms with Gasteiger partial charge in [-0.3, -0.25) is 9.59 Å². The molecule has 0 N–H and O–H groups in total. The van der Waals surface area contributed by atoms with Crippen LogP contribution in [0.15, 0.2) is 42.5 Å². The van der Waals surface area contributed by atoms with Crippen LogP contribution in [0.25, 0.3) is 0 Å². The summed E-state index contributed by atoms with van der Waals surface area (Å²) >= 11 is 6.19. The van der Waals surface area contributed by atoms with Crippen molar-refractivity contribution in [2.24, 2.45) is 0 Å². The van der Waals surface area contributed by atoms with Crippen molar-refractivity contribution in [3.63, 3.8) is 0 Å². The van der Waals surface area contributed by atoms with Gasteiger partial charge in [-0.25, -0.2) is 0 Å². The van der Waals surface area contributed by atoms with Crippen LogP contribution in [0, 0.1) is 13.8 Å². The minimum atomic E-state index is -0.512. The van der Waals surface area contributed by atoms with Crippen molar-refractivity contribution in [3.8, 4) is 0 Å². The Hall–Kier alpha value is -2.33. The van der Waals surface area contributed by atoms with E-state index in [9.17, 15) is 9.59 Å². The zero-order chi connectivity index (χ0) is 18.1. The van der Waals surface area contributed by atoms with Crippen molar-refractivity contribution in [2.75, 3.05) is 18.0 Å². The number of amides is 2. The van der Waals surface area contributed by atoms with E-state index in [4.69, 9.17) is 11.6 Å². The summed E-state index contributed by atoms with van der Waals surface area (Å²) in [5, 5.41) is 0.635. The average molecular weight is 357 g/mol. The molecule has 1 heterocycles. The van der Waals surface area contributed by atoms with Crippen molar-refractivity contribution in [2.45, 2.75) is 26.8 Å². The molecule has 0 aliphatic carbocycles. The minimum Gasteiger partial charge on any atom is -0.325 e. The zero-order valence-electron chi connectivity index (χ0n) is 14.6. The van der Waals surface area contributed by atoms with Crippen LogP contribution in [0.5, 0.6) is 0 Å². The zero-order valence-corrected chi connectivity index (χ0v) is 15.4. The molecular formula is C20H21ClN2O2. The first-order chi connectivity index (χ1) is 11.9. The van der Waals surface area contributed by atoms with Crippen molar-refractivity contribution in [1.29, 1.82) is 0 Å². The lowest BCUT2D eigenvalue weighted by molar-refractivity contribution is -0.124. The standard InChI is InChI=1S/C20H21ClN2O2/c1-13-5-4-6-16(11-13)20(25)22-9-10-23(19(24)15(22)3)17-8-7-14(2)18(21)12-17/h4-8,11-12,15H,9-10H2,1-3H3. The second-order valence-electron chi connectivity index (χ2n) is 6.47. The Morgan fingerprint density at radius 1 is 1.12 bits per heavy atom. The molecule has 0 aromatic heterocycles. The topological polar surface area (TPSA) is 40.6 Å². The Labute approximate surface area is 153 Å². The lowest BCUT2D eigenvalue weighted by Gasteiger charge is -2.39. The fraction of sp³-hybridized carbons (Fsp3) is 0.300. The number of carbonyl (C=O) groups is 2. The van der Waals surface area contributed by atoms with Crippen molar-refractivity contribution in [1.82, 2.24) is 4.90 Å². The van der Waals surface area contributed by atoms with Gasteiger partial charge in [0.15, 0.2) is 0 Å². The number of nitrogens with zero attached hydrogens (tertiary/aromatic N) is 2. The van der Waals surface area contributed by atoms with Crippen LogP contribution < -0.4 is 4.90 Å². The van der Waals surface area contributed by atoms with Gasteiger partial charge >= 0.3 is 0 Å². The lowest BCUT2D eigenvalue weighted by Crippen LogP contribution is -2.57. The number of halogens is 1. The number of carbonyl (C=O) groups excluding carboxylic acids is 2. The molecule has 1 aliphatic heterocycles. The fourth-order valence-electron chi connectivity index (χ4n) is 3.10. The normalized spacial score (nSPS) is 17.8. The molecule has 130 valence electrons. The van der Waals surface area contributed by atoms with E-state index in [1.54, 1.807) is 28.9 Å². The molecular weight excluding hydrogens is 336 g/mol. The van der Waals surface area contributed by atoms with Gasteiger partial charge < -0.3 is 9.80 Å². The molecule has 0 bridgehead atoms. The Morgan fingerprint density at radius 2 is 1.88 bits per heavy atom. The fourth-order valence-corrected chi connectivity index (χ4v) is 3.27. The first-order valence-corrected chi connectivity index (χ1v) is 8.71. The molecule has 1 aliphatic rings. The maximum Gasteiger partial charge on any atom is 0.254 e. The molecule has 2 aromatic carbocycles. The second-order valence-corrected chi connectivity index (χ2v) is 6.87. The molecule has 2 aromatic rings. The third-order valence-corrected chi connectivity index (χ3v) is 5.06. The first kappa shape index (κ1) is 17.5. The highest BCUT2D eigenvalue weighted by molar-refractivity contribution is 6.31. The summed E-state index contributed by atoms with van der Waals surface area (Å²) in [6.07, 6.45) is 0. The van der Waals surface area contributed by atoms with Crippen LogP contribution in [0.4, 0.5) is 5.69 Å². The van der Waals surface area contributed by atoms with Crippen LogP contribution in [-0.2, 0) is 4.79 Å². The van der Waals surface area contributed by atoms with E-state index >= 15 is 0 Å². The summed E-state index contributed by atoms with van der Waals surface area (Å²) in [7, 11) is 0. The third-order valence-electron chi connectivity index (χ3n) is 4.65. The monoisotopic (exact) mass is 356 g/mol. The summed E-state index contributed by atoms with van der Waals surface area (Å²) < 4.78 is 0. The van der Waals surface area contributed by atoms with Gasteiger partial charge in [0.05, 0.1) is 0 Å². The van der Waals surface area contributed by atoms with E-state index in [2.05, 4.69) is 0 Å². The minimum absolute atomic E-state index is 0.0906. The van der Waals surface area contributed by atoms with E-state index in [-0.39, 0.29) is 11.8 Å². The maximum absolute atomic E-state index is 12.8. The van der Waals surface area contributed by atoms with Gasteiger partial charge in [-0.1, -0.05) is 35.4 Å². The van der Waals surface area contributed by atoms with Crippen LogP contribution in [0.2, 0.25) is 5.02 Å². The van der Waals surface area contributed by atoms with Crippen LogP contribution in [0.3, 0.4) is 0 Å². The number of piperazine rings is 1. The summed E-state index contributed by atoms with van der Waals surface area (Å²) in [4.78, 5) is 29.0. The molecule has 25 heavy (non-hydrogen) atoms. The summed E-state index contributed by atoms with van der Waals surface area (Å²) in [6.45, 7) is 6.60. The van der Waals surface area contributed by atoms with Gasteiger partial charge in [-0.15, -0.1) is 0 Å². The molecule has 1 atom stereocenters. The quantitative estimate of drug-likeness (QED) is 0.820. The van der Waals surface area contributed by atoms with Crippen molar-refractivity contribution >= 4 is 29.1 Å². The molecule has 5 heteroatoms. The Bertz CT molecular complexity index is 834. The van der Waals surface area contributed by atoms with Crippen LogP contribution in [-0.4, -0.2) is 35.8 Å². The predicted molar refractivity (Wildman–Crippen MR) is 100 cm³/mol. The molecule has 2 amide bonds. The van der Waals surface area contributed by atoms with E-state index in [1.807, 2.05) is 44.2 Å². The third kappa shape index (κ3) is 3.40. The van der Waals surface area contributed by atoms with E-state index in [0.29, 0.717) is 23.7 Å². The highest BCUT2D eigenvalue weighted by Gasteiger charge is 2.35. The molecule has 0 saturated carbocycles. The number of benzene rings is 2. The molecule has 3 rings (SSSR count). The first-order valence-electron chi connectivity index (χ1n) is 8.33. The Kier molecular flexibility index (Phi) is 4.82. The van der Waals surface area contributed by atoms with E-state index in [1.165, 1.54) is 0 Å². The van der Waals surface area contributed by atoms with Gasteiger partial charge in [0, 0.05) is 29.4 Å². The van der Waals surface area contributed by atoms with E-state index in [0.717, 1.165) is 16.8 Å². The SMILES string of the molecule is Cc1cccc(C(=O)N2CCN(c3ccc(C)c(Cl)c3)C(=O)C2C)c1. The highest BCUT2D eigenvalue weighted by Crippen LogP contribution is 2.26. The van der Waals surface area contributed by atoms with Crippen molar-refractivity contribution in [3.05, 3.63) is 64.2 Å². The van der Waals surface area contributed by atoms with Crippen LogP contribution >= 0.6 is 11.6 Å². The van der Waals surface area contributed by atoms with Gasteiger partial charge in [-0.2, -0.15) is 0 Å². The lowest BCUT2D eigenvalue weighted by atomic mass is 10.1. The maximum atomic E-state index is 12.8. The average Bonchev–Trinajstić information content (AvgIpc) is 2.59. The van der Waals surface area contributed by atoms with E-state index < -0.39 is 6.04 Å². The summed E-state index contributed by atoms with van der Waals surface area (Å²) in [6, 6.07) is 12.5. The number of hydrogen-bond donors (Lipinski definition) is 0. The van der Waals surface area contributed by atoms with Crippen molar-refractivity contribution < 1.29 is 9.59 Å². The number of aryl methyl sites for hydroxylation is 2. The number of anilines is 1. The van der Waals surface area contributed by atoms with Gasteiger partial charge in [-0.05, 0) is 50.6 Å². The Morgan fingerprint density at radius 3 is 2.56 bits per heavy atom. The molecule has 1 unspecified atom stereocenters. The number of hydrogen-bond acceptors (Lipinski definition) is 2. The molecule has 0 radical (unpaired) electrons. The molecule has 1 saturated heterocycles. The predicted octanol–water partition coefficient (Wildman–Crippen LogP) is 3.83. The number of rotatable bonds is 2. The van der Waals surface area contributed by atoms with Crippen LogP contribution in [0.1, 0.15) is 28.4 Å². The largest absolute Gasteiger partial charge is 0.325 e.